The van der Waals surface area contributed by atoms with Gasteiger partial charge >= 0.3 is 5.97 Å². The first-order valence-corrected chi connectivity index (χ1v) is 6.00. The maximum absolute atomic E-state index is 10.8. The molecule has 0 fully saturated rings. The average Bonchev–Trinajstić information content (AvgIpc) is 2.27. The molecule has 4 nitrogen and oxygen atoms in total. The highest BCUT2D eigenvalue weighted by molar-refractivity contribution is 6.32. The third-order valence-electron chi connectivity index (χ3n) is 2.67. The van der Waals surface area contributed by atoms with Gasteiger partial charge in [0.1, 0.15) is 6.07 Å². The summed E-state index contributed by atoms with van der Waals surface area (Å²) in [6.45, 7) is 3.86. The number of carboxylic acid groups (broad SMARTS) is 1. The quantitative estimate of drug-likeness (QED) is 0.859. The molecule has 0 aliphatic rings. The van der Waals surface area contributed by atoms with Crippen LogP contribution in [0.4, 0.5) is 5.69 Å². The molecule has 0 heterocycles. The Balaban J connectivity index is 2.98. The van der Waals surface area contributed by atoms with Crippen molar-refractivity contribution in [3.05, 3.63) is 28.8 Å². The van der Waals surface area contributed by atoms with Gasteiger partial charge in [0, 0.05) is 6.04 Å². The predicted molar refractivity (Wildman–Crippen MR) is 70.7 cm³/mol. The smallest absolute Gasteiger partial charge is 0.305 e. The minimum atomic E-state index is -0.873. The van der Waals surface area contributed by atoms with E-state index in [-0.39, 0.29) is 18.4 Å². The van der Waals surface area contributed by atoms with Gasteiger partial charge in [0.15, 0.2) is 0 Å². The van der Waals surface area contributed by atoms with Crippen LogP contribution in [0.1, 0.15) is 25.8 Å². The summed E-state index contributed by atoms with van der Waals surface area (Å²) in [6.07, 6.45) is -0.00491. The standard InChI is InChI=1S/C13H15ClN2O2/c1-8(2)12(6-13(17)18)16-11-5-3-4-10(14)9(11)7-15/h3-5,8,12,16H,6H2,1-2H3,(H,17,18). The van der Waals surface area contributed by atoms with Crippen molar-refractivity contribution in [2.24, 2.45) is 5.92 Å². The highest BCUT2D eigenvalue weighted by Crippen LogP contribution is 2.25. The van der Waals surface area contributed by atoms with Crippen molar-refractivity contribution in [1.29, 1.82) is 5.26 Å². The van der Waals surface area contributed by atoms with Crippen LogP contribution in [0.2, 0.25) is 5.02 Å². The van der Waals surface area contributed by atoms with Crippen LogP contribution in [0.5, 0.6) is 0 Å². The number of benzene rings is 1. The number of nitriles is 1. The molecule has 96 valence electrons. The summed E-state index contributed by atoms with van der Waals surface area (Å²) in [5, 5.41) is 21.3. The topological polar surface area (TPSA) is 73.1 Å². The molecule has 1 unspecified atom stereocenters. The Morgan fingerprint density at radius 1 is 1.56 bits per heavy atom. The lowest BCUT2D eigenvalue weighted by molar-refractivity contribution is -0.137. The molecule has 18 heavy (non-hydrogen) atoms. The molecule has 0 amide bonds. The predicted octanol–water partition coefficient (Wildman–Crippen LogP) is 3.12. The van der Waals surface area contributed by atoms with Crippen LogP contribution in [-0.2, 0) is 4.79 Å². The van der Waals surface area contributed by atoms with Crippen LogP contribution >= 0.6 is 11.6 Å². The van der Waals surface area contributed by atoms with E-state index >= 15 is 0 Å². The van der Waals surface area contributed by atoms with Crippen LogP contribution in [0.15, 0.2) is 18.2 Å². The number of carboxylic acids is 1. The summed E-state index contributed by atoms with van der Waals surface area (Å²) in [6, 6.07) is 6.86. The molecule has 0 aliphatic heterocycles. The van der Waals surface area contributed by atoms with E-state index in [9.17, 15) is 4.79 Å². The molecule has 0 spiro atoms. The van der Waals surface area contributed by atoms with Crippen LogP contribution in [0, 0.1) is 17.2 Å². The van der Waals surface area contributed by atoms with E-state index in [1.807, 2.05) is 19.9 Å². The Kier molecular flexibility index (Phi) is 4.99. The molecular formula is C13H15ClN2O2. The monoisotopic (exact) mass is 266 g/mol. The van der Waals surface area contributed by atoms with Crippen molar-refractivity contribution in [2.75, 3.05) is 5.32 Å². The Hall–Kier alpha value is -1.73. The summed E-state index contributed by atoms with van der Waals surface area (Å²) < 4.78 is 0. The van der Waals surface area contributed by atoms with Gasteiger partial charge in [-0.3, -0.25) is 4.79 Å². The number of halogens is 1. The van der Waals surface area contributed by atoms with E-state index in [4.69, 9.17) is 22.0 Å². The van der Waals surface area contributed by atoms with Gasteiger partial charge in [-0.15, -0.1) is 0 Å². The number of carbonyl (C=O) groups is 1. The zero-order valence-corrected chi connectivity index (χ0v) is 11.0. The van der Waals surface area contributed by atoms with Gasteiger partial charge in [0.2, 0.25) is 0 Å². The molecule has 0 saturated carbocycles. The Morgan fingerprint density at radius 3 is 2.72 bits per heavy atom. The van der Waals surface area contributed by atoms with E-state index < -0.39 is 5.97 Å². The largest absolute Gasteiger partial charge is 0.481 e. The van der Waals surface area contributed by atoms with Crippen molar-refractivity contribution in [1.82, 2.24) is 0 Å². The van der Waals surface area contributed by atoms with E-state index in [0.29, 0.717) is 16.3 Å². The SMILES string of the molecule is CC(C)C(CC(=O)O)Nc1cccc(Cl)c1C#N. The summed E-state index contributed by atoms with van der Waals surface area (Å²) in [5.41, 5.74) is 0.917. The van der Waals surface area contributed by atoms with Gasteiger partial charge < -0.3 is 10.4 Å². The van der Waals surface area contributed by atoms with Gasteiger partial charge in [0.25, 0.3) is 0 Å². The molecular weight excluding hydrogens is 252 g/mol. The molecule has 0 radical (unpaired) electrons. The lowest BCUT2D eigenvalue weighted by Crippen LogP contribution is -2.28. The Bertz CT molecular complexity index is 480. The summed E-state index contributed by atoms with van der Waals surface area (Å²) in [7, 11) is 0. The molecule has 0 bridgehead atoms. The van der Waals surface area contributed by atoms with Gasteiger partial charge in [-0.1, -0.05) is 31.5 Å². The van der Waals surface area contributed by atoms with Crippen LogP contribution < -0.4 is 5.32 Å². The molecule has 0 aliphatic carbocycles. The molecule has 0 saturated heterocycles. The van der Waals surface area contributed by atoms with Crippen LogP contribution in [0.3, 0.4) is 0 Å². The zero-order valence-electron chi connectivity index (χ0n) is 10.3. The molecule has 2 N–H and O–H groups in total. The maximum atomic E-state index is 10.8. The highest BCUT2D eigenvalue weighted by Gasteiger charge is 2.18. The third-order valence-corrected chi connectivity index (χ3v) is 2.98. The van der Waals surface area contributed by atoms with Crippen molar-refractivity contribution in [3.63, 3.8) is 0 Å². The normalized spacial score (nSPS) is 11.9. The number of nitrogens with one attached hydrogen (secondary N) is 1. The minimum Gasteiger partial charge on any atom is -0.481 e. The molecule has 1 rings (SSSR count). The lowest BCUT2D eigenvalue weighted by atomic mass is 10.00. The third kappa shape index (κ3) is 3.64. The molecule has 1 aromatic rings. The van der Waals surface area contributed by atoms with Crippen molar-refractivity contribution >= 4 is 23.3 Å². The molecule has 5 heteroatoms. The van der Waals surface area contributed by atoms with Crippen molar-refractivity contribution in [2.45, 2.75) is 26.3 Å². The minimum absolute atomic E-state index is 0.00491. The van der Waals surface area contributed by atoms with E-state index in [2.05, 4.69) is 5.32 Å². The number of aliphatic carboxylic acids is 1. The summed E-state index contributed by atoms with van der Waals surface area (Å²) >= 11 is 5.92. The molecule has 0 aromatic heterocycles. The second kappa shape index (κ2) is 6.27. The molecule has 1 atom stereocenters. The van der Waals surface area contributed by atoms with E-state index in [1.165, 1.54) is 0 Å². The zero-order chi connectivity index (χ0) is 13.7. The first-order valence-electron chi connectivity index (χ1n) is 5.62. The van der Waals surface area contributed by atoms with E-state index in [0.717, 1.165) is 0 Å². The fraction of sp³-hybridized carbons (Fsp3) is 0.385. The lowest BCUT2D eigenvalue weighted by Gasteiger charge is -2.22. The maximum Gasteiger partial charge on any atom is 0.305 e. The highest BCUT2D eigenvalue weighted by atomic mass is 35.5. The fourth-order valence-corrected chi connectivity index (χ4v) is 1.82. The van der Waals surface area contributed by atoms with Crippen molar-refractivity contribution in [3.8, 4) is 6.07 Å². The Labute approximate surface area is 111 Å². The summed E-state index contributed by atoms with van der Waals surface area (Å²) in [4.78, 5) is 10.8. The second-order valence-corrected chi connectivity index (χ2v) is 4.77. The molecule has 1 aromatic carbocycles. The summed E-state index contributed by atoms with van der Waals surface area (Å²) in [5.74, 6) is -0.742. The van der Waals surface area contributed by atoms with Gasteiger partial charge in [-0.2, -0.15) is 5.26 Å². The number of nitrogens with zero attached hydrogens (tertiary/aromatic N) is 1. The van der Waals surface area contributed by atoms with Crippen LogP contribution in [0.25, 0.3) is 0 Å². The van der Waals surface area contributed by atoms with Gasteiger partial charge in [-0.25, -0.2) is 0 Å². The van der Waals surface area contributed by atoms with Crippen LogP contribution in [-0.4, -0.2) is 17.1 Å². The second-order valence-electron chi connectivity index (χ2n) is 4.37. The number of hydrogen-bond donors (Lipinski definition) is 2. The Morgan fingerprint density at radius 2 is 2.22 bits per heavy atom. The number of anilines is 1. The number of hydrogen-bond acceptors (Lipinski definition) is 3. The fourth-order valence-electron chi connectivity index (χ4n) is 1.60. The first-order chi connectivity index (χ1) is 8.45. The van der Waals surface area contributed by atoms with Crippen molar-refractivity contribution < 1.29 is 9.90 Å². The van der Waals surface area contributed by atoms with Gasteiger partial charge in [-0.05, 0) is 18.1 Å². The number of rotatable bonds is 5. The van der Waals surface area contributed by atoms with Gasteiger partial charge in [0.05, 0.1) is 22.7 Å². The average molecular weight is 267 g/mol. The first kappa shape index (κ1) is 14.3. The van der Waals surface area contributed by atoms with E-state index in [1.54, 1.807) is 18.2 Å².